The van der Waals surface area contributed by atoms with Gasteiger partial charge in [-0.1, -0.05) is 30.0 Å². The number of hydrogen-bond acceptors (Lipinski definition) is 7. The van der Waals surface area contributed by atoms with Gasteiger partial charge in [0, 0.05) is 10.9 Å². The zero-order valence-electron chi connectivity index (χ0n) is 16.9. The number of amides is 1. The van der Waals surface area contributed by atoms with Crippen LogP contribution < -0.4 is 10.9 Å². The summed E-state index contributed by atoms with van der Waals surface area (Å²) >= 11 is 3.86. The van der Waals surface area contributed by atoms with Gasteiger partial charge in [-0.15, -0.1) is 22.7 Å². The van der Waals surface area contributed by atoms with Crippen LogP contribution in [0, 0.1) is 5.82 Å². The van der Waals surface area contributed by atoms with E-state index >= 15 is 0 Å². The molecule has 0 fully saturated rings. The first-order valence-corrected chi connectivity index (χ1v) is 12.5. The summed E-state index contributed by atoms with van der Waals surface area (Å²) < 4.78 is 14.7. The van der Waals surface area contributed by atoms with E-state index in [9.17, 15) is 14.0 Å². The Kier molecular flexibility index (Phi) is 6.03. The van der Waals surface area contributed by atoms with E-state index in [1.807, 2.05) is 35.7 Å². The molecule has 5 rings (SSSR count). The number of benzene rings is 2. The zero-order chi connectivity index (χ0) is 22.8. The number of thiophene rings is 1. The summed E-state index contributed by atoms with van der Waals surface area (Å²) in [7, 11) is 0. The summed E-state index contributed by atoms with van der Waals surface area (Å²) in [5, 5.41) is 7.85. The molecular formula is C23H15FN4O2S3. The summed E-state index contributed by atoms with van der Waals surface area (Å²) in [6.45, 7) is 0. The predicted octanol–water partition coefficient (Wildman–Crippen LogP) is 5.44. The molecule has 0 aliphatic heterocycles. The molecule has 0 saturated carbocycles. The third kappa shape index (κ3) is 4.58. The molecule has 10 heteroatoms. The first kappa shape index (κ1) is 21.5. The number of thiazole rings is 1. The number of fused-ring (bicyclic) bond motifs is 1. The van der Waals surface area contributed by atoms with Crippen molar-refractivity contribution in [2.45, 2.75) is 5.16 Å². The Balaban J connectivity index is 1.34. The molecule has 0 spiro atoms. The number of thioether (sulfide) groups is 1. The molecule has 0 atom stereocenters. The highest BCUT2D eigenvalue weighted by molar-refractivity contribution is 7.99. The molecule has 0 radical (unpaired) electrons. The summed E-state index contributed by atoms with van der Waals surface area (Å²) in [5.41, 5.74) is 1.95. The second-order valence-corrected chi connectivity index (χ2v) is 9.59. The van der Waals surface area contributed by atoms with Crippen molar-refractivity contribution in [3.63, 3.8) is 0 Å². The molecule has 0 bridgehead atoms. The lowest BCUT2D eigenvalue weighted by Crippen LogP contribution is -2.22. The standard InChI is InChI=1S/C23H15FN4O2S3/c24-15-8-6-14(7-9-15)18-12-32-22(25-18)26-19(29)13-33-23-27-20-17(10-11-31-20)21(30)28(23)16-4-2-1-3-5-16/h1-12H,13H2,(H,25,26,29). The van der Waals surface area contributed by atoms with Crippen molar-refractivity contribution in [2.75, 3.05) is 11.1 Å². The van der Waals surface area contributed by atoms with Gasteiger partial charge in [0.15, 0.2) is 10.3 Å². The molecule has 164 valence electrons. The highest BCUT2D eigenvalue weighted by Crippen LogP contribution is 2.26. The number of nitrogens with zero attached hydrogens (tertiary/aromatic N) is 3. The lowest BCUT2D eigenvalue weighted by atomic mass is 10.2. The van der Waals surface area contributed by atoms with Crippen LogP contribution in [-0.4, -0.2) is 26.2 Å². The number of hydrogen-bond donors (Lipinski definition) is 1. The number of rotatable bonds is 6. The molecule has 1 N–H and O–H groups in total. The largest absolute Gasteiger partial charge is 0.301 e. The van der Waals surface area contributed by atoms with Gasteiger partial charge < -0.3 is 5.32 Å². The average molecular weight is 495 g/mol. The van der Waals surface area contributed by atoms with Gasteiger partial charge in [-0.05, 0) is 47.8 Å². The maximum atomic E-state index is 13.1. The summed E-state index contributed by atoms with van der Waals surface area (Å²) in [4.78, 5) is 35.3. The zero-order valence-corrected chi connectivity index (χ0v) is 19.3. The minimum atomic E-state index is -0.317. The highest BCUT2D eigenvalue weighted by atomic mass is 32.2. The van der Waals surface area contributed by atoms with Crippen LogP contribution in [0.15, 0.2) is 81.4 Å². The number of aromatic nitrogens is 3. The van der Waals surface area contributed by atoms with Crippen LogP contribution in [-0.2, 0) is 4.79 Å². The third-order valence-electron chi connectivity index (χ3n) is 4.70. The Hall–Kier alpha value is -3.34. The highest BCUT2D eigenvalue weighted by Gasteiger charge is 2.16. The van der Waals surface area contributed by atoms with E-state index < -0.39 is 0 Å². The van der Waals surface area contributed by atoms with Crippen LogP contribution in [0.4, 0.5) is 9.52 Å². The number of halogens is 1. The number of anilines is 1. The monoisotopic (exact) mass is 494 g/mol. The van der Waals surface area contributed by atoms with Gasteiger partial charge in [0.2, 0.25) is 5.91 Å². The van der Waals surface area contributed by atoms with Crippen molar-refractivity contribution < 1.29 is 9.18 Å². The van der Waals surface area contributed by atoms with Crippen molar-refractivity contribution in [1.29, 1.82) is 0 Å². The van der Waals surface area contributed by atoms with Gasteiger partial charge in [0.05, 0.1) is 22.5 Å². The molecule has 3 aromatic heterocycles. The van der Waals surface area contributed by atoms with Crippen LogP contribution in [0.1, 0.15) is 0 Å². The fourth-order valence-corrected chi connectivity index (χ4v) is 5.52. The van der Waals surface area contributed by atoms with E-state index in [1.165, 1.54) is 51.1 Å². The maximum absolute atomic E-state index is 13.1. The minimum absolute atomic E-state index is 0.0572. The number of carbonyl (C=O) groups excluding carboxylic acids is 1. The van der Waals surface area contributed by atoms with Crippen LogP contribution in [0.5, 0.6) is 0 Å². The molecular weight excluding hydrogens is 479 g/mol. The molecule has 0 aliphatic rings. The van der Waals surface area contributed by atoms with E-state index in [0.29, 0.717) is 31.9 Å². The second-order valence-electron chi connectivity index (χ2n) is 6.89. The topological polar surface area (TPSA) is 76.9 Å². The Morgan fingerprint density at radius 1 is 1.03 bits per heavy atom. The molecule has 33 heavy (non-hydrogen) atoms. The molecule has 5 aromatic rings. The SMILES string of the molecule is O=C(CSc1nc2sccc2c(=O)n1-c1ccccc1)Nc1nc(-c2ccc(F)cc2)cs1. The maximum Gasteiger partial charge on any atom is 0.267 e. The second kappa shape index (κ2) is 9.26. The lowest BCUT2D eigenvalue weighted by molar-refractivity contribution is -0.113. The molecule has 2 aromatic carbocycles. The molecule has 6 nitrogen and oxygen atoms in total. The third-order valence-corrected chi connectivity index (χ3v) is 7.21. The van der Waals surface area contributed by atoms with Gasteiger partial charge in [0.1, 0.15) is 10.6 Å². The Labute approximate surface area is 199 Å². The van der Waals surface area contributed by atoms with Crippen molar-refractivity contribution in [1.82, 2.24) is 14.5 Å². The van der Waals surface area contributed by atoms with Crippen LogP contribution in [0.25, 0.3) is 27.2 Å². The van der Waals surface area contributed by atoms with E-state index in [-0.39, 0.29) is 23.0 Å². The number of para-hydroxylation sites is 1. The van der Waals surface area contributed by atoms with Gasteiger partial charge in [-0.2, -0.15) is 0 Å². The normalized spacial score (nSPS) is 11.1. The van der Waals surface area contributed by atoms with Crippen molar-refractivity contribution >= 4 is 55.7 Å². The fourth-order valence-electron chi connectivity index (χ4n) is 3.17. The Bertz CT molecular complexity index is 1490. The van der Waals surface area contributed by atoms with Crippen LogP contribution in [0.3, 0.4) is 0 Å². The summed E-state index contributed by atoms with van der Waals surface area (Å²) in [6.07, 6.45) is 0. The van der Waals surface area contributed by atoms with Gasteiger partial charge in [0.25, 0.3) is 5.56 Å². The van der Waals surface area contributed by atoms with Gasteiger partial charge in [-0.25, -0.2) is 14.4 Å². The summed E-state index contributed by atoms with van der Waals surface area (Å²) in [5.74, 6) is -0.523. The lowest BCUT2D eigenvalue weighted by Gasteiger charge is -2.11. The van der Waals surface area contributed by atoms with Crippen LogP contribution >= 0.6 is 34.4 Å². The van der Waals surface area contributed by atoms with Crippen molar-refractivity contribution in [2.24, 2.45) is 0 Å². The Morgan fingerprint density at radius 3 is 2.61 bits per heavy atom. The predicted molar refractivity (Wildman–Crippen MR) is 132 cm³/mol. The molecule has 1 amide bonds. The van der Waals surface area contributed by atoms with E-state index in [2.05, 4.69) is 15.3 Å². The first-order valence-electron chi connectivity index (χ1n) is 9.78. The molecule has 0 unspecified atom stereocenters. The molecule has 0 aliphatic carbocycles. The van der Waals surface area contributed by atoms with Crippen LogP contribution in [0.2, 0.25) is 0 Å². The fraction of sp³-hybridized carbons (Fsp3) is 0.0435. The smallest absolute Gasteiger partial charge is 0.267 e. The number of nitrogens with one attached hydrogen (secondary N) is 1. The van der Waals surface area contributed by atoms with Gasteiger partial charge >= 0.3 is 0 Å². The quantitative estimate of drug-likeness (QED) is 0.251. The van der Waals surface area contributed by atoms with Crippen molar-refractivity contribution in [3.05, 3.63) is 87.6 Å². The first-order chi connectivity index (χ1) is 16.1. The number of carbonyl (C=O) groups is 1. The Morgan fingerprint density at radius 2 is 1.82 bits per heavy atom. The van der Waals surface area contributed by atoms with Crippen molar-refractivity contribution in [3.8, 4) is 16.9 Å². The van der Waals surface area contributed by atoms with Gasteiger partial charge in [-0.3, -0.25) is 14.2 Å². The van der Waals surface area contributed by atoms with E-state index in [4.69, 9.17) is 0 Å². The summed E-state index contributed by atoms with van der Waals surface area (Å²) in [6, 6.07) is 17.0. The van der Waals surface area contributed by atoms with E-state index in [1.54, 1.807) is 23.6 Å². The minimum Gasteiger partial charge on any atom is -0.301 e. The molecule has 0 saturated heterocycles. The van der Waals surface area contributed by atoms with E-state index in [0.717, 1.165) is 5.56 Å². The molecule has 3 heterocycles. The average Bonchev–Trinajstić information content (AvgIpc) is 3.49.